The van der Waals surface area contributed by atoms with E-state index in [0.29, 0.717) is 11.3 Å². The molecule has 0 aliphatic carbocycles. The third-order valence-electron chi connectivity index (χ3n) is 3.34. The first-order valence-electron chi connectivity index (χ1n) is 7.37. The molecule has 0 saturated carbocycles. The van der Waals surface area contributed by atoms with Crippen LogP contribution in [0.15, 0.2) is 54.6 Å². The van der Waals surface area contributed by atoms with Crippen molar-refractivity contribution in [1.29, 1.82) is 0 Å². The van der Waals surface area contributed by atoms with Crippen molar-refractivity contribution < 1.29 is 14.3 Å². The lowest BCUT2D eigenvalue weighted by Crippen LogP contribution is -2.40. The van der Waals surface area contributed by atoms with Gasteiger partial charge in [-0.25, -0.2) is 9.59 Å². The molecule has 23 heavy (non-hydrogen) atoms. The summed E-state index contributed by atoms with van der Waals surface area (Å²) in [7, 11) is 1.31. The molecule has 2 aromatic carbocycles. The Balaban J connectivity index is 2.29. The molecule has 0 saturated heterocycles. The maximum Gasteiger partial charge on any atom is 0.339 e. The average Bonchev–Trinajstić information content (AvgIpc) is 2.55. The van der Waals surface area contributed by atoms with Gasteiger partial charge < -0.3 is 10.1 Å². The van der Waals surface area contributed by atoms with Crippen LogP contribution in [0.3, 0.4) is 0 Å². The number of nitrogens with one attached hydrogen (secondary N) is 1. The zero-order chi connectivity index (χ0) is 16.8. The van der Waals surface area contributed by atoms with Crippen LogP contribution in [0.25, 0.3) is 0 Å². The highest BCUT2D eigenvalue weighted by Gasteiger charge is 2.21. The Hall–Kier alpha value is -2.82. The van der Waals surface area contributed by atoms with Crippen molar-refractivity contribution in [1.82, 2.24) is 0 Å². The lowest BCUT2D eigenvalue weighted by molar-refractivity contribution is 0.0602. The number of urea groups is 1. The average molecular weight is 312 g/mol. The van der Waals surface area contributed by atoms with Crippen LogP contribution >= 0.6 is 0 Å². The van der Waals surface area contributed by atoms with Gasteiger partial charge in [-0.15, -0.1) is 0 Å². The smallest absolute Gasteiger partial charge is 0.339 e. The number of esters is 1. The van der Waals surface area contributed by atoms with Crippen molar-refractivity contribution >= 4 is 23.4 Å². The molecule has 2 amide bonds. The molecule has 1 N–H and O–H groups in total. The lowest BCUT2D eigenvalue weighted by atomic mass is 10.2. The number of carbonyl (C=O) groups excluding carboxylic acids is 2. The van der Waals surface area contributed by atoms with Gasteiger partial charge in [0.1, 0.15) is 0 Å². The SMILES string of the molecule is COC(=O)c1ccccc1NC(=O)N(c1ccccc1)C(C)C. The number of hydrogen-bond acceptors (Lipinski definition) is 3. The first-order chi connectivity index (χ1) is 11.0. The van der Waals surface area contributed by atoms with Crippen LogP contribution < -0.4 is 10.2 Å². The lowest BCUT2D eigenvalue weighted by Gasteiger charge is -2.27. The highest BCUT2D eigenvalue weighted by atomic mass is 16.5. The van der Waals surface area contributed by atoms with E-state index in [-0.39, 0.29) is 12.1 Å². The summed E-state index contributed by atoms with van der Waals surface area (Å²) in [6.07, 6.45) is 0. The number of carbonyl (C=O) groups is 2. The van der Waals surface area contributed by atoms with Crippen LogP contribution in [0.1, 0.15) is 24.2 Å². The molecule has 120 valence electrons. The van der Waals surface area contributed by atoms with Crippen molar-refractivity contribution in [2.24, 2.45) is 0 Å². The summed E-state index contributed by atoms with van der Waals surface area (Å²) in [5.74, 6) is -0.489. The van der Waals surface area contributed by atoms with Gasteiger partial charge in [0.2, 0.25) is 0 Å². The van der Waals surface area contributed by atoms with Gasteiger partial charge in [-0.3, -0.25) is 4.90 Å². The van der Waals surface area contributed by atoms with E-state index in [4.69, 9.17) is 4.74 Å². The van der Waals surface area contributed by atoms with E-state index in [2.05, 4.69) is 5.32 Å². The standard InChI is InChI=1S/C18H20N2O3/c1-13(2)20(14-9-5-4-6-10-14)18(22)19-16-12-8-7-11-15(16)17(21)23-3/h4-13H,1-3H3,(H,19,22). The molecule has 0 radical (unpaired) electrons. The molecule has 2 aromatic rings. The summed E-state index contributed by atoms with van der Waals surface area (Å²) in [4.78, 5) is 26.1. The second-order valence-electron chi connectivity index (χ2n) is 5.27. The van der Waals surface area contributed by atoms with Gasteiger partial charge in [0, 0.05) is 11.7 Å². The maximum absolute atomic E-state index is 12.7. The first kappa shape index (κ1) is 16.5. The van der Waals surface area contributed by atoms with Gasteiger partial charge in [-0.1, -0.05) is 30.3 Å². The van der Waals surface area contributed by atoms with Crippen LogP contribution in [0.4, 0.5) is 16.2 Å². The van der Waals surface area contributed by atoms with Crippen LogP contribution in [0, 0.1) is 0 Å². The number of benzene rings is 2. The van der Waals surface area contributed by atoms with E-state index < -0.39 is 5.97 Å². The third kappa shape index (κ3) is 3.88. The summed E-state index contributed by atoms with van der Waals surface area (Å²) >= 11 is 0. The quantitative estimate of drug-likeness (QED) is 0.871. The molecule has 5 heteroatoms. The highest BCUT2D eigenvalue weighted by molar-refractivity contribution is 6.06. The van der Waals surface area contributed by atoms with Crippen LogP contribution in [0.5, 0.6) is 0 Å². The van der Waals surface area contributed by atoms with Crippen LogP contribution in [0.2, 0.25) is 0 Å². The molecule has 0 aromatic heterocycles. The zero-order valence-electron chi connectivity index (χ0n) is 13.4. The normalized spacial score (nSPS) is 10.3. The van der Waals surface area contributed by atoms with Crippen molar-refractivity contribution in [2.75, 3.05) is 17.3 Å². The molecular formula is C18H20N2O3. The molecule has 2 rings (SSSR count). The predicted octanol–water partition coefficient (Wildman–Crippen LogP) is 3.92. The maximum atomic E-state index is 12.7. The summed E-state index contributed by atoms with van der Waals surface area (Å²) in [5.41, 5.74) is 1.53. The van der Waals surface area contributed by atoms with Gasteiger partial charge >= 0.3 is 12.0 Å². The van der Waals surface area contributed by atoms with E-state index in [0.717, 1.165) is 5.69 Å². The molecule has 5 nitrogen and oxygen atoms in total. The van der Waals surface area contributed by atoms with Gasteiger partial charge in [0.05, 0.1) is 18.4 Å². The second-order valence-corrected chi connectivity index (χ2v) is 5.27. The Morgan fingerprint density at radius 3 is 2.22 bits per heavy atom. The second kappa shape index (κ2) is 7.45. The fraction of sp³-hybridized carbons (Fsp3) is 0.222. The van der Waals surface area contributed by atoms with E-state index in [1.165, 1.54) is 7.11 Å². The fourth-order valence-corrected chi connectivity index (χ4v) is 2.29. The Kier molecular flexibility index (Phi) is 5.36. The van der Waals surface area contributed by atoms with Gasteiger partial charge in [-0.05, 0) is 38.1 Å². The zero-order valence-corrected chi connectivity index (χ0v) is 13.4. The van der Waals surface area contributed by atoms with Gasteiger partial charge in [0.15, 0.2) is 0 Å². The topological polar surface area (TPSA) is 58.6 Å². The largest absolute Gasteiger partial charge is 0.465 e. The number of amides is 2. The van der Waals surface area contributed by atoms with Crippen molar-refractivity contribution in [2.45, 2.75) is 19.9 Å². The van der Waals surface area contributed by atoms with Gasteiger partial charge in [-0.2, -0.15) is 0 Å². The first-order valence-corrected chi connectivity index (χ1v) is 7.37. The van der Waals surface area contributed by atoms with Crippen LogP contribution in [-0.4, -0.2) is 25.2 Å². The van der Waals surface area contributed by atoms with E-state index in [1.54, 1.807) is 29.2 Å². The molecule has 0 aliphatic rings. The Bertz CT molecular complexity index is 684. The van der Waals surface area contributed by atoms with Crippen molar-refractivity contribution in [3.8, 4) is 0 Å². The van der Waals surface area contributed by atoms with Crippen LogP contribution in [-0.2, 0) is 4.74 Å². The van der Waals surface area contributed by atoms with Crippen molar-refractivity contribution in [3.05, 3.63) is 60.2 Å². The van der Waals surface area contributed by atoms with E-state index in [9.17, 15) is 9.59 Å². The third-order valence-corrected chi connectivity index (χ3v) is 3.34. The summed E-state index contributed by atoms with van der Waals surface area (Å²) in [6, 6.07) is 15.8. The highest BCUT2D eigenvalue weighted by Crippen LogP contribution is 2.21. The molecule has 0 fully saturated rings. The number of para-hydroxylation sites is 2. The Labute approximate surface area is 135 Å². The number of anilines is 2. The minimum atomic E-state index is -0.489. The molecule has 0 unspecified atom stereocenters. The molecule has 0 aliphatic heterocycles. The Morgan fingerprint density at radius 2 is 1.61 bits per heavy atom. The van der Waals surface area contributed by atoms with E-state index in [1.807, 2.05) is 44.2 Å². The minimum absolute atomic E-state index is 0.0392. The molecule has 0 atom stereocenters. The van der Waals surface area contributed by atoms with E-state index >= 15 is 0 Å². The summed E-state index contributed by atoms with van der Waals surface area (Å²) in [5, 5.41) is 2.79. The van der Waals surface area contributed by atoms with Gasteiger partial charge in [0.25, 0.3) is 0 Å². The summed E-state index contributed by atoms with van der Waals surface area (Å²) in [6.45, 7) is 3.86. The monoisotopic (exact) mass is 312 g/mol. The fourth-order valence-electron chi connectivity index (χ4n) is 2.29. The minimum Gasteiger partial charge on any atom is -0.465 e. The molecule has 0 bridgehead atoms. The molecule has 0 spiro atoms. The Morgan fingerprint density at radius 1 is 1.00 bits per heavy atom. The number of rotatable bonds is 4. The molecule has 0 heterocycles. The predicted molar refractivity (Wildman–Crippen MR) is 90.9 cm³/mol. The molecular weight excluding hydrogens is 292 g/mol. The summed E-state index contributed by atoms with van der Waals surface area (Å²) < 4.78 is 4.75. The number of ether oxygens (including phenoxy) is 1. The number of methoxy groups -OCH3 is 1. The van der Waals surface area contributed by atoms with Crippen molar-refractivity contribution in [3.63, 3.8) is 0 Å². The number of hydrogen-bond donors (Lipinski definition) is 1. The number of nitrogens with zero attached hydrogens (tertiary/aromatic N) is 1.